The van der Waals surface area contributed by atoms with Gasteiger partial charge in [-0.3, -0.25) is 14.8 Å². The predicted octanol–water partition coefficient (Wildman–Crippen LogP) is 6.22. The van der Waals surface area contributed by atoms with E-state index in [0.29, 0.717) is 35.1 Å². The molecule has 0 aliphatic heterocycles. The molecule has 2 aromatic heterocycles. The van der Waals surface area contributed by atoms with Crippen LogP contribution in [-0.4, -0.2) is 42.9 Å². The number of benzene rings is 1. The lowest BCUT2D eigenvalue weighted by Crippen LogP contribution is -2.23. The molecule has 2 heterocycles. The van der Waals surface area contributed by atoms with Crippen LogP contribution < -0.4 is 15.8 Å². The van der Waals surface area contributed by atoms with Crippen LogP contribution in [0.2, 0.25) is 0 Å². The Balaban J connectivity index is 1.48. The van der Waals surface area contributed by atoms with E-state index in [0.717, 1.165) is 17.7 Å². The molecule has 1 aromatic carbocycles. The maximum absolute atomic E-state index is 13.0. The summed E-state index contributed by atoms with van der Waals surface area (Å²) in [5, 5.41) is 2.58. The molecular formula is C31H30F3N5O5. The van der Waals surface area contributed by atoms with Crippen LogP contribution in [-0.2, 0) is 31.6 Å². The second-order valence-corrected chi connectivity index (χ2v) is 9.27. The fourth-order valence-electron chi connectivity index (χ4n) is 4.13. The Kier molecular flexibility index (Phi) is 9.88. The minimum Gasteiger partial charge on any atom is -0.493 e. The van der Waals surface area contributed by atoms with Crippen LogP contribution >= 0.6 is 0 Å². The Morgan fingerprint density at radius 3 is 2.52 bits per heavy atom. The summed E-state index contributed by atoms with van der Waals surface area (Å²) in [7, 11) is 3.11. The first-order valence-electron chi connectivity index (χ1n) is 13.3. The number of alkyl halides is 3. The highest BCUT2D eigenvalue weighted by Crippen LogP contribution is 2.33. The number of hydrogen-bond donors (Lipinski definition) is 2. The number of nitrogens with zero attached hydrogens (tertiary/aromatic N) is 3. The molecule has 0 bridgehead atoms. The van der Waals surface area contributed by atoms with Crippen molar-refractivity contribution < 1.29 is 36.9 Å². The van der Waals surface area contributed by atoms with Gasteiger partial charge in [0.15, 0.2) is 17.3 Å². The average molecular weight is 610 g/mol. The van der Waals surface area contributed by atoms with Crippen molar-refractivity contribution in [3.8, 4) is 11.5 Å². The SMILES string of the molecule is CCOC(C=Nc1ccc(C(F)(F)F)cc1C)=C(N)C(=O)Nc1ccc(Oc2ccnc3c2CC=C(OC)C(OC)=C3)cn1. The first kappa shape index (κ1) is 31.6. The Morgan fingerprint density at radius 1 is 1.11 bits per heavy atom. The van der Waals surface area contributed by atoms with Gasteiger partial charge in [0.05, 0.1) is 50.2 Å². The topological polar surface area (TPSA) is 130 Å². The maximum Gasteiger partial charge on any atom is 0.416 e. The van der Waals surface area contributed by atoms with Gasteiger partial charge in [0.25, 0.3) is 5.91 Å². The highest BCUT2D eigenvalue weighted by atomic mass is 19.4. The molecule has 1 amide bonds. The van der Waals surface area contributed by atoms with Crippen molar-refractivity contribution in [2.75, 3.05) is 26.1 Å². The summed E-state index contributed by atoms with van der Waals surface area (Å²) < 4.78 is 61.3. The number of rotatable bonds is 10. The number of nitrogens with two attached hydrogens (primary N) is 1. The molecule has 3 N–H and O–H groups in total. The van der Waals surface area contributed by atoms with E-state index in [9.17, 15) is 18.0 Å². The van der Waals surface area contributed by atoms with E-state index in [1.54, 1.807) is 45.5 Å². The Morgan fingerprint density at radius 2 is 1.89 bits per heavy atom. The van der Waals surface area contributed by atoms with Crippen molar-refractivity contribution in [3.05, 3.63) is 100 Å². The summed E-state index contributed by atoms with van der Waals surface area (Å²) in [4.78, 5) is 25.7. The Hall–Kier alpha value is -5.33. The Labute approximate surface area is 251 Å². The minimum absolute atomic E-state index is 0.0565. The maximum atomic E-state index is 13.0. The largest absolute Gasteiger partial charge is 0.493 e. The number of carbonyl (C=O) groups excluding carboxylic acids is 1. The molecule has 1 aliphatic rings. The van der Waals surface area contributed by atoms with Crippen LogP contribution in [0.1, 0.15) is 29.3 Å². The minimum atomic E-state index is -4.47. The zero-order valence-electron chi connectivity index (χ0n) is 24.4. The highest BCUT2D eigenvalue weighted by molar-refractivity contribution is 6.06. The van der Waals surface area contributed by atoms with Crippen LogP contribution in [0.5, 0.6) is 11.5 Å². The van der Waals surface area contributed by atoms with Crippen molar-refractivity contribution >= 4 is 29.7 Å². The third-order valence-corrected chi connectivity index (χ3v) is 6.35. The number of hydrogen-bond acceptors (Lipinski definition) is 9. The average Bonchev–Trinajstić information content (AvgIpc) is 3.19. The standard InChI is InChI=1S/C31H30F3N5O5/c1-5-43-27(17-37-22-9-6-19(14-18(22)2)31(32,33)34)29(35)30(40)39-28-11-7-20(16-38-28)44-24-12-13-36-23-15-26(42-4)25(41-3)10-8-21(23)24/h6-7,9-17H,5,8,35H2,1-4H3,(H,38,39,40). The van der Waals surface area contributed by atoms with Crippen molar-refractivity contribution in [1.82, 2.24) is 9.97 Å². The lowest BCUT2D eigenvalue weighted by molar-refractivity contribution is -0.137. The third-order valence-electron chi connectivity index (χ3n) is 6.35. The van der Waals surface area contributed by atoms with E-state index < -0.39 is 17.6 Å². The lowest BCUT2D eigenvalue weighted by Gasteiger charge is -2.12. The molecule has 1 aliphatic carbocycles. The fraction of sp³-hybridized carbons (Fsp3) is 0.226. The number of anilines is 1. The zero-order valence-corrected chi connectivity index (χ0v) is 24.4. The van der Waals surface area contributed by atoms with E-state index >= 15 is 0 Å². The smallest absolute Gasteiger partial charge is 0.416 e. The summed E-state index contributed by atoms with van der Waals surface area (Å²) in [6.07, 6.45) is 3.89. The lowest BCUT2D eigenvalue weighted by atomic mass is 10.1. The van der Waals surface area contributed by atoms with Crippen molar-refractivity contribution in [1.29, 1.82) is 0 Å². The Bertz CT molecular complexity index is 1650. The van der Waals surface area contributed by atoms with Gasteiger partial charge in [-0.15, -0.1) is 0 Å². The summed E-state index contributed by atoms with van der Waals surface area (Å²) in [5.74, 6) is 1.50. The second kappa shape index (κ2) is 13.8. The van der Waals surface area contributed by atoms with Crippen LogP contribution in [0, 0.1) is 6.92 Å². The van der Waals surface area contributed by atoms with Gasteiger partial charge in [-0.05, 0) is 61.9 Å². The predicted molar refractivity (Wildman–Crippen MR) is 158 cm³/mol. The van der Waals surface area contributed by atoms with Gasteiger partial charge >= 0.3 is 6.18 Å². The van der Waals surface area contributed by atoms with Crippen molar-refractivity contribution in [2.24, 2.45) is 10.7 Å². The number of aryl methyl sites for hydroxylation is 1. The molecule has 13 heteroatoms. The number of pyridine rings is 2. The molecule has 10 nitrogen and oxygen atoms in total. The summed E-state index contributed by atoms with van der Waals surface area (Å²) >= 11 is 0. The summed E-state index contributed by atoms with van der Waals surface area (Å²) in [6.45, 7) is 3.34. The first-order valence-corrected chi connectivity index (χ1v) is 13.3. The summed E-state index contributed by atoms with van der Waals surface area (Å²) in [5.41, 5.74) is 7.00. The molecule has 3 aromatic rings. The fourth-order valence-corrected chi connectivity index (χ4v) is 4.13. The van der Waals surface area contributed by atoms with E-state index in [-0.39, 0.29) is 35.1 Å². The van der Waals surface area contributed by atoms with Crippen LogP contribution in [0.4, 0.5) is 24.7 Å². The van der Waals surface area contributed by atoms with Gasteiger partial charge in [0.1, 0.15) is 23.0 Å². The quantitative estimate of drug-likeness (QED) is 0.158. The number of ether oxygens (including phenoxy) is 4. The number of methoxy groups -OCH3 is 2. The number of halogens is 3. The van der Waals surface area contributed by atoms with Crippen LogP contribution in [0.15, 0.2) is 82.8 Å². The third kappa shape index (κ3) is 7.54. The number of fused-ring (bicyclic) bond motifs is 1. The van der Waals surface area contributed by atoms with Gasteiger partial charge in [-0.1, -0.05) is 0 Å². The number of allylic oxidation sites excluding steroid dienone is 2. The van der Waals surface area contributed by atoms with Gasteiger partial charge < -0.3 is 30.0 Å². The van der Waals surface area contributed by atoms with Crippen molar-refractivity contribution in [3.63, 3.8) is 0 Å². The summed E-state index contributed by atoms with van der Waals surface area (Å²) in [6, 6.07) is 8.02. The van der Waals surface area contributed by atoms with E-state index in [2.05, 4.69) is 20.3 Å². The van der Waals surface area contributed by atoms with Gasteiger partial charge in [-0.25, -0.2) is 4.98 Å². The van der Waals surface area contributed by atoms with Gasteiger partial charge in [0, 0.05) is 24.3 Å². The number of amides is 1. The second-order valence-electron chi connectivity index (χ2n) is 9.27. The molecular weight excluding hydrogens is 579 g/mol. The number of aliphatic imine (C=N–C) groups is 1. The molecule has 44 heavy (non-hydrogen) atoms. The zero-order chi connectivity index (χ0) is 31.9. The van der Waals surface area contributed by atoms with Crippen LogP contribution in [0.25, 0.3) is 6.08 Å². The molecule has 0 radical (unpaired) electrons. The van der Waals surface area contributed by atoms with E-state index in [1.165, 1.54) is 31.5 Å². The highest BCUT2D eigenvalue weighted by Gasteiger charge is 2.30. The van der Waals surface area contributed by atoms with Crippen molar-refractivity contribution in [2.45, 2.75) is 26.4 Å². The molecule has 0 spiro atoms. The van der Waals surface area contributed by atoms with E-state index in [1.807, 2.05) is 6.08 Å². The van der Waals surface area contributed by atoms with E-state index in [4.69, 9.17) is 24.7 Å². The first-order chi connectivity index (χ1) is 21.0. The monoisotopic (exact) mass is 609 g/mol. The number of carbonyl (C=O) groups is 1. The molecule has 0 unspecified atom stereocenters. The molecule has 0 saturated carbocycles. The molecule has 0 fully saturated rings. The number of nitrogens with one attached hydrogen (secondary N) is 1. The molecule has 4 rings (SSSR count). The molecule has 230 valence electrons. The normalized spacial score (nSPS) is 13.6. The number of aromatic nitrogens is 2. The van der Waals surface area contributed by atoms with Crippen LogP contribution in [0.3, 0.4) is 0 Å². The molecule has 0 atom stereocenters. The molecule has 0 saturated heterocycles. The van der Waals surface area contributed by atoms with Gasteiger partial charge in [-0.2, -0.15) is 13.2 Å². The van der Waals surface area contributed by atoms with Gasteiger partial charge in [0.2, 0.25) is 0 Å².